The minimum absolute atomic E-state index is 0.0522. The molecular weight excluding hydrogens is 377 g/mol. The Morgan fingerprint density at radius 3 is 2.22 bits per heavy atom. The van der Waals surface area contributed by atoms with E-state index in [1.54, 1.807) is 0 Å². The second kappa shape index (κ2) is 8.28. The van der Waals surface area contributed by atoms with Crippen LogP contribution in [-0.2, 0) is 14.8 Å². The highest BCUT2D eigenvalue weighted by molar-refractivity contribution is 7.89. The summed E-state index contributed by atoms with van der Waals surface area (Å²) in [5.41, 5.74) is 0.119. The van der Waals surface area contributed by atoms with Gasteiger partial charge in [0.05, 0.1) is 12.7 Å². The molecule has 2 rings (SSSR count). The van der Waals surface area contributed by atoms with E-state index >= 15 is 0 Å². The lowest BCUT2D eigenvalue weighted by Gasteiger charge is -2.14. The largest absolute Gasteiger partial charge is 0.495 e. The lowest BCUT2D eigenvalue weighted by Crippen LogP contribution is -2.25. The van der Waals surface area contributed by atoms with Crippen LogP contribution in [0.25, 0.3) is 0 Å². The van der Waals surface area contributed by atoms with E-state index in [0.717, 1.165) is 18.2 Å². The molecule has 0 aliphatic rings. The number of nitrogens with one attached hydrogen (secondary N) is 1. The zero-order valence-electron chi connectivity index (χ0n) is 14.9. The Kier molecular flexibility index (Phi) is 6.29. The van der Waals surface area contributed by atoms with Crippen LogP contribution in [0.4, 0.5) is 4.39 Å². The second-order valence-electron chi connectivity index (χ2n) is 5.49. The highest BCUT2D eigenvalue weighted by Gasteiger charge is 2.24. The molecule has 0 fully saturated rings. The van der Waals surface area contributed by atoms with Crippen LogP contribution in [0, 0.1) is 5.82 Å². The van der Waals surface area contributed by atoms with Crippen molar-refractivity contribution in [2.75, 3.05) is 14.2 Å². The molecule has 0 spiro atoms. The van der Waals surface area contributed by atoms with E-state index < -0.39 is 33.7 Å². The fraction of sp³-hybridized carbons (Fsp3) is 0.222. The van der Waals surface area contributed by atoms with Crippen molar-refractivity contribution in [1.82, 2.24) is 4.72 Å². The standard InChI is InChI=1S/C18H18FNO6S/c1-11(17(21)12-4-7-14(19)8-5-12)26-18(22)13-6-9-15(25-3)16(10-13)27(23,24)20-2/h4-11,20H,1-3H3/t11-/m1/s1. The van der Waals surface area contributed by atoms with Gasteiger partial charge in [-0.25, -0.2) is 22.3 Å². The number of benzene rings is 2. The number of rotatable bonds is 7. The summed E-state index contributed by atoms with van der Waals surface area (Å²) in [4.78, 5) is 24.4. The Labute approximate surface area is 156 Å². The molecule has 0 aromatic heterocycles. The highest BCUT2D eigenvalue weighted by Crippen LogP contribution is 2.25. The molecule has 144 valence electrons. The molecule has 1 atom stereocenters. The first-order valence-electron chi connectivity index (χ1n) is 7.82. The normalized spacial score (nSPS) is 12.3. The first kappa shape index (κ1) is 20.5. The quantitative estimate of drug-likeness (QED) is 0.570. The van der Waals surface area contributed by atoms with Crippen LogP contribution in [0.3, 0.4) is 0 Å². The number of Topliss-reactive ketones (excluding diaryl/α,β-unsaturated/α-hetero) is 1. The van der Waals surface area contributed by atoms with Crippen LogP contribution < -0.4 is 9.46 Å². The SMILES string of the molecule is CNS(=O)(=O)c1cc(C(=O)O[C@H](C)C(=O)c2ccc(F)cc2)ccc1OC. The van der Waals surface area contributed by atoms with Gasteiger partial charge in [-0.15, -0.1) is 0 Å². The van der Waals surface area contributed by atoms with Gasteiger partial charge in [0.15, 0.2) is 6.10 Å². The van der Waals surface area contributed by atoms with Gasteiger partial charge in [-0.2, -0.15) is 0 Å². The molecule has 0 radical (unpaired) electrons. The summed E-state index contributed by atoms with van der Waals surface area (Å²) in [5.74, 6) is -1.84. The molecule has 1 N–H and O–H groups in total. The van der Waals surface area contributed by atoms with Crippen molar-refractivity contribution in [2.24, 2.45) is 0 Å². The van der Waals surface area contributed by atoms with Crippen LogP contribution in [-0.4, -0.2) is 40.4 Å². The maximum Gasteiger partial charge on any atom is 0.338 e. The van der Waals surface area contributed by atoms with Crippen molar-refractivity contribution < 1.29 is 31.9 Å². The van der Waals surface area contributed by atoms with Gasteiger partial charge in [-0.3, -0.25) is 4.79 Å². The average Bonchev–Trinajstić information content (AvgIpc) is 2.67. The summed E-state index contributed by atoms with van der Waals surface area (Å²) >= 11 is 0. The third kappa shape index (κ3) is 4.69. The van der Waals surface area contributed by atoms with Gasteiger partial charge in [0.25, 0.3) is 0 Å². The monoisotopic (exact) mass is 395 g/mol. The summed E-state index contributed by atoms with van der Waals surface area (Å²) in [6, 6.07) is 8.56. The second-order valence-corrected chi connectivity index (χ2v) is 7.35. The third-order valence-corrected chi connectivity index (χ3v) is 5.17. The number of halogens is 1. The topological polar surface area (TPSA) is 98.8 Å². The fourth-order valence-electron chi connectivity index (χ4n) is 2.25. The zero-order valence-corrected chi connectivity index (χ0v) is 15.7. The van der Waals surface area contributed by atoms with E-state index in [0.29, 0.717) is 0 Å². The molecule has 0 aliphatic heterocycles. The minimum atomic E-state index is -3.87. The summed E-state index contributed by atoms with van der Waals surface area (Å²) in [6.45, 7) is 1.37. The molecule has 7 nitrogen and oxygen atoms in total. The highest BCUT2D eigenvalue weighted by atomic mass is 32.2. The van der Waals surface area contributed by atoms with E-state index in [9.17, 15) is 22.4 Å². The van der Waals surface area contributed by atoms with Crippen molar-refractivity contribution in [3.63, 3.8) is 0 Å². The summed E-state index contributed by atoms with van der Waals surface area (Å²) in [6.07, 6.45) is -1.14. The number of methoxy groups -OCH3 is 1. The Balaban J connectivity index is 2.23. The number of carbonyl (C=O) groups is 2. The summed E-state index contributed by atoms with van der Waals surface area (Å²) < 4.78 is 49.3. The number of carbonyl (C=O) groups excluding carboxylic acids is 2. The number of esters is 1. The van der Waals surface area contributed by atoms with Gasteiger partial charge in [-0.1, -0.05) is 0 Å². The lowest BCUT2D eigenvalue weighted by molar-refractivity contribution is 0.0318. The Hall–Kier alpha value is -2.78. The van der Waals surface area contributed by atoms with Gasteiger partial charge >= 0.3 is 5.97 Å². The molecule has 9 heteroatoms. The van der Waals surface area contributed by atoms with Crippen molar-refractivity contribution in [3.05, 3.63) is 59.4 Å². The molecule has 0 heterocycles. The van der Waals surface area contributed by atoms with E-state index in [2.05, 4.69) is 4.72 Å². The van der Waals surface area contributed by atoms with E-state index in [4.69, 9.17) is 9.47 Å². The maximum absolute atomic E-state index is 12.9. The van der Waals surface area contributed by atoms with E-state index in [1.165, 1.54) is 45.3 Å². The van der Waals surface area contributed by atoms with Crippen LogP contribution >= 0.6 is 0 Å². The Morgan fingerprint density at radius 1 is 1.07 bits per heavy atom. The number of hydrogen-bond donors (Lipinski definition) is 1. The number of ketones is 1. The predicted molar refractivity (Wildman–Crippen MR) is 94.8 cm³/mol. The summed E-state index contributed by atoms with van der Waals surface area (Å²) in [7, 11) is -1.35. The summed E-state index contributed by atoms with van der Waals surface area (Å²) in [5, 5.41) is 0. The van der Waals surface area contributed by atoms with Crippen LogP contribution in [0.1, 0.15) is 27.6 Å². The molecule has 0 aliphatic carbocycles. The van der Waals surface area contributed by atoms with Gasteiger partial charge in [0.2, 0.25) is 15.8 Å². The first-order valence-corrected chi connectivity index (χ1v) is 9.30. The van der Waals surface area contributed by atoms with Gasteiger partial charge < -0.3 is 9.47 Å². The minimum Gasteiger partial charge on any atom is -0.495 e. The molecule has 0 unspecified atom stereocenters. The molecule has 2 aromatic carbocycles. The van der Waals surface area contributed by atoms with Gasteiger partial charge in [0.1, 0.15) is 16.5 Å². The number of hydrogen-bond acceptors (Lipinski definition) is 6. The van der Waals surface area contributed by atoms with Crippen LogP contribution in [0.15, 0.2) is 47.4 Å². The third-order valence-electron chi connectivity index (χ3n) is 3.74. The molecule has 0 bridgehead atoms. The maximum atomic E-state index is 12.9. The molecule has 0 amide bonds. The molecule has 2 aromatic rings. The van der Waals surface area contributed by atoms with Crippen LogP contribution in [0.5, 0.6) is 5.75 Å². The average molecular weight is 395 g/mol. The number of ether oxygens (including phenoxy) is 2. The van der Waals surface area contributed by atoms with Crippen molar-refractivity contribution in [3.8, 4) is 5.75 Å². The van der Waals surface area contributed by atoms with E-state index in [1.807, 2.05) is 0 Å². The zero-order chi connectivity index (χ0) is 20.2. The Morgan fingerprint density at radius 2 is 1.67 bits per heavy atom. The molecular formula is C18H18FNO6S. The predicted octanol–water partition coefficient (Wildman–Crippen LogP) is 2.17. The molecule has 27 heavy (non-hydrogen) atoms. The van der Waals surface area contributed by atoms with Crippen molar-refractivity contribution in [1.29, 1.82) is 0 Å². The lowest BCUT2D eigenvalue weighted by atomic mass is 10.1. The first-order chi connectivity index (χ1) is 12.7. The van der Waals surface area contributed by atoms with Gasteiger partial charge in [0, 0.05) is 5.56 Å². The van der Waals surface area contributed by atoms with Crippen molar-refractivity contribution >= 4 is 21.8 Å². The smallest absolute Gasteiger partial charge is 0.338 e. The van der Waals surface area contributed by atoms with E-state index in [-0.39, 0.29) is 21.8 Å². The van der Waals surface area contributed by atoms with Crippen LogP contribution in [0.2, 0.25) is 0 Å². The Bertz CT molecular complexity index is 956. The van der Waals surface area contributed by atoms with Gasteiger partial charge in [-0.05, 0) is 56.4 Å². The number of sulfonamides is 1. The fourth-order valence-corrected chi connectivity index (χ4v) is 3.17. The molecule has 0 saturated carbocycles. The van der Waals surface area contributed by atoms with Crippen molar-refractivity contribution in [2.45, 2.75) is 17.9 Å². The molecule has 0 saturated heterocycles.